The zero-order valence-electron chi connectivity index (χ0n) is 15.9. The van der Waals surface area contributed by atoms with Crippen LogP contribution in [0.15, 0.2) is 36.4 Å². The van der Waals surface area contributed by atoms with Crippen LogP contribution >= 0.6 is 11.6 Å². The van der Waals surface area contributed by atoms with Gasteiger partial charge in [0.1, 0.15) is 17.9 Å². The standard InChI is InChI=1S/C20H19ClFN5O3/c21-15-9-12(1-3-16(15)22)11-30-20(29)27-7-5-14(6-8-27)23-19(28)13-2-4-17-18(10-13)25-26-24-17/h1-4,9-10,14H,5-8,11H2,(H,23,28)(H,24,25,26). The Bertz CT molecular complexity index is 1080. The van der Waals surface area contributed by atoms with Crippen LogP contribution in [-0.4, -0.2) is 51.4 Å². The average Bonchev–Trinajstić information content (AvgIpc) is 3.23. The Morgan fingerprint density at radius 2 is 2.03 bits per heavy atom. The Morgan fingerprint density at radius 3 is 2.80 bits per heavy atom. The topological polar surface area (TPSA) is 100 Å². The van der Waals surface area contributed by atoms with Crippen LogP contribution in [0.1, 0.15) is 28.8 Å². The van der Waals surface area contributed by atoms with Crippen LogP contribution < -0.4 is 5.32 Å². The van der Waals surface area contributed by atoms with Crippen LogP contribution in [0.2, 0.25) is 5.02 Å². The molecule has 0 aliphatic carbocycles. The van der Waals surface area contributed by atoms with Crippen molar-refractivity contribution >= 4 is 34.6 Å². The summed E-state index contributed by atoms with van der Waals surface area (Å²) in [5.74, 6) is -0.703. The van der Waals surface area contributed by atoms with Crippen molar-refractivity contribution in [1.29, 1.82) is 0 Å². The van der Waals surface area contributed by atoms with Gasteiger partial charge in [0.25, 0.3) is 5.91 Å². The molecule has 1 aromatic heterocycles. The number of nitrogens with zero attached hydrogens (tertiary/aromatic N) is 3. The smallest absolute Gasteiger partial charge is 0.410 e. The molecular weight excluding hydrogens is 413 g/mol. The number of nitrogens with one attached hydrogen (secondary N) is 2. The number of carbonyl (C=O) groups is 2. The summed E-state index contributed by atoms with van der Waals surface area (Å²) in [6.07, 6.45) is 0.793. The molecule has 0 unspecified atom stereocenters. The Balaban J connectivity index is 1.25. The maximum Gasteiger partial charge on any atom is 0.410 e. The number of aromatic nitrogens is 3. The third-order valence-electron chi connectivity index (χ3n) is 5.02. The van der Waals surface area contributed by atoms with Crippen LogP contribution in [0.5, 0.6) is 0 Å². The molecule has 8 nitrogen and oxygen atoms in total. The molecular formula is C20H19ClFN5O3. The van der Waals surface area contributed by atoms with Gasteiger partial charge in [-0.05, 0) is 48.7 Å². The number of fused-ring (bicyclic) bond motifs is 1. The second kappa shape index (κ2) is 8.66. The van der Waals surface area contributed by atoms with Crippen molar-refractivity contribution < 1.29 is 18.7 Å². The van der Waals surface area contributed by atoms with Crippen molar-refractivity contribution in [2.45, 2.75) is 25.5 Å². The van der Waals surface area contributed by atoms with E-state index in [2.05, 4.69) is 20.7 Å². The Kier molecular flexibility index (Phi) is 5.80. The average molecular weight is 432 g/mol. The first-order chi connectivity index (χ1) is 14.5. The van der Waals surface area contributed by atoms with E-state index in [1.54, 1.807) is 23.1 Å². The predicted molar refractivity (Wildman–Crippen MR) is 108 cm³/mol. The number of carbonyl (C=O) groups excluding carboxylic acids is 2. The molecule has 156 valence electrons. The van der Waals surface area contributed by atoms with E-state index in [0.717, 1.165) is 5.52 Å². The lowest BCUT2D eigenvalue weighted by Gasteiger charge is -2.31. The number of likely N-dealkylation sites (tertiary alicyclic amines) is 1. The van der Waals surface area contributed by atoms with E-state index in [-0.39, 0.29) is 23.6 Å². The van der Waals surface area contributed by atoms with E-state index in [1.807, 2.05) is 0 Å². The van der Waals surface area contributed by atoms with Gasteiger partial charge in [0.2, 0.25) is 0 Å². The molecule has 0 radical (unpaired) electrons. The second-order valence-electron chi connectivity index (χ2n) is 7.08. The fraction of sp³-hybridized carbons (Fsp3) is 0.300. The van der Waals surface area contributed by atoms with Crippen LogP contribution in [-0.2, 0) is 11.3 Å². The largest absolute Gasteiger partial charge is 0.445 e. The zero-order valence-corrected chi connectivity index (χ0v) is 16.7. The quantitative estimate of drug-likeness (QED) is 0.660. The van der Waals surface area contributed by atoms with Gasteiger partial charge in [-0.2, -0.15) is 0 Å². The van der Waals surface area contributed by atoms with Crippen molar-refractivity contribution in [3.05, 3.63) is 58.4 Å². The molecule has 1 aliphatic rings. The summed E-state index contributed by atoms with van der Waals surface area (Å²) in [7, 11) is 0. The first kappa shape index (κ1) is 20.1. The third kappa shape index (κ3) is 4.51. The van der Waals surface area contributed by atoms with Gasteiger partial charge < -0.3 is 15.0 Å². The molecule has 1 saturated heterocycles. The van der Waals surface area contributed by atoms with Crippen molar-refractivity contribution in [2.24, 2.45) is 0 Å². The van der Waals surface area contributed by atoms with Gasteiger partial charge >= 0.3 is 6.09 Å². The fourth-order valence-corrected chi connectivity index (χ4v) is 3.53. The molecule has 30 heavy (non-hydrogen) atoms. The number of H-pyrrole nitrogens is 1. The lowest BCUT2D eigenvalue weighted by molar-refractivity contribution is 0.0809. The lowest BCUT2D eigenvalue weighted by atomic mass is 10.0. The van der Waals surface area contributed by atoms with Gasteiger partial charge in [-0.15, -0.1) is 5.10 Å². The van der Waals surface area contributed by atoms with Gasteiger partial charge in [-0.25, -0.2) is 9.18 Å². The molecule has 1 fully saturated rings. The predicted octanol–water partition coefficient (Wildman–Crippen LogP) is 3.28. The van der Waals surface area contributed by atoms with E-state index in [1.165, 1.54) is 18.2 Å². The highest BCUT2D eigenvalue weighted by atomic mass is 35.5. The number of hydrogen-bond donors (Lipinski definition) is 2. The monoisotopic (exact) mass is 431 g/mol. The summed E-state index contributed by atoms with van der Waals surface area (Å²) in [5, 5.41) is 13.3. The molecule has 4 rings (SSSR count). The number of halogens is 2. The highest BCUT2D eigenvalue weighted by molar-refractivity contribution is 6.30. The van der Waals surface area contributed by atoms with Crippen LogP contribution in [0.25, 0.3) is 11.0 Å². The van der Waals surface area contributed by atoms with E-state index in [0.29, 0.717) is 42.6 Å². The highest BCUT2D eigenvalue weighted by Crippen LogP contribution is 2.18. The molecule has 2 aromatic carbocycles. The SMILES string of the molecule is O=C(NC1CCN(C(=O)OCc2ccc(F)c(Cl)c2)CC1)c1ccc2[nH]nnc2c1. The summed E-state index contributed by atoms with van der Waals surface area (Å²) in [6.45, 7) is 0.951. The van der Waals surface area contributed by atoms with Gasteiger partial charge in [0.05, 0.1) is 10.5 Å². The first-order valence-electron chi connectivity index (χ1n) is 9.47. The van der Waals surface area contributed by atoms with Crippen molar-refractivity contribution in [1.82, 2.24) is 25.6 Å². The minimum Gasteiger partial charge on any atom is -0.445 e. The number of ether oxygens (including phenoxy) is 1. The van der Waals surface area contributed by atoms with Crippen LogP contribution in [0.4, 0.5) is 9.18 Å². The first-order valence-corrected chi connectivity index (χ1v) is 9.85. The number of piperidine rings is 1. The van der Waals surface area contributed by atoms with Gasteiger partial charge in [0.15, 0.2) is 0 Å². The molecule has 0 atom stereocenters. The zero-order chi connectivity index (χ0) is 21.1. The van der Waals surface area contributed by atoms with Crippen LogP contribution in [0.3, 0.4) is 0 Å². The Morgan fingerprint density at radius 1 is 1.23 bits per heavy atom. The molecule has 0 spiro atoms. The maximum atomic E-state index is 13.2. The summed E-state index contributed by atoms with van der Waals surface area (Å²) >= 11 is 5.73. The van der Waals surface area contributed by atoms with Gasteiger partial charge in [-0.1, -0.05) is 22.9 Å². The molecule has 10 heteroatoms. The Hall–Kier alpha value is -3.20. The van der Waals surface area contributed by atoms with E-state index >= 15 is 0 Å². The number of amides is 2. The van der Waals surface area contributed by atoms with E-state index < -0.39 is 11.9 Å². The van der Waals surface area contributed by atoms with Crippen LogP contribution in [0, 0.1) is 5.82 Å². The molecule has 1 aliphatic heterocycles. The van der Waals surface area contributed by atoms with Gasteiger partial charge in [0, 0.05) is 24.7 Å². The second-order valence-corrected chi connectivity index (χ2v) is 7.49. The number of rotatable bonds is 4. The normalized spacial score (nSPS) is 14.7. The van der Waals surface area contributed by atoms with Crippen molar-refractivity contribution in [2.75, 3.05) is 13.1 Å². The molecule has 0 saturated carbocycles. The van der Waals surface area contributed by atoms with Gasteiger partial charge in [-0.3, -0.25) is 9.89 Å². The minimum atomic E-state index is -0.517. The summed E-state index contributed by atoms with van der Waals surface area (Å²) in [6, 6.07) is 9.31. The fourth-order valence-electron chi connectivity index (χ4n) is 3.32. The minimum absolute atomic E-state index is 0.0113. The molecule has 0 bridgehead atoms. The lowest BCUT2D eigenvalue weighted by Crippen LogP contribution is -2.46. The van der Waals surface area contributed by atoms with Crippen molar-refractivity contribution in [3.63, 3.8) is 0 Å². The molecule has 2 N–H and O–H groups in total. The molecule has 2 amide bonds. The number of aromatic amines is 1. The molecule has 2 heterocycles. The Labute approximate surface area is 176 Å². The maximum absolute atomic E-state index is 13.2. The molecule has 3 aromatic rings. The van der Waals surface area contributed by atoms with E-state index in [9.17, 15) is 14.0 Å². The van der Waals surface area contributed by atoms with Crippen molar-refractivity contribution in [3.8, 4) is 0 Å². The number of hydrogen-bond acceptors (Lipinski definition) is 5. The van der Waals surface area contributed by atoms with E-state index in [4.69, 9.17) is 16.3 Å². The summed E-state index contributed by atoms with van der Waals surface area (Å²) in [4.78, 5) is 26.4. The number of benzene rings is 2. The summed E-state index contributed by atoms with van der Waals surface area (Å²) in [5.41, 5.74) is 2.51. The summed E-state index contributed by atoms with van der Waals surface area (Å²) < 4.78 is 18.5. The highest BCUT2D eigenvalue weighted by Gasteiger charge is 2.25. The third-order valence-corrected chi connectivity index (χ3v) is 5.31.